The molecule has 0 aliphatic rings. The van der Waals surface area contributed by atoms with Crippen molar-refractivity contribution in [3.63, 3.8) is 0 Å². The Labute approximate surface area is 168 Å². The van der Waals surface area contributed by atoms with Gasteiger partial charge in [-0.05, 0) is 22.0 Å². The average molecular weight is 445 g/mol. The van der Waals surface area contributed by atoms with Crippen molar-refractivity contribution in [3.8, 4) is 28.3 Å². The molecule has 0 aliphatic heterocycles. The van der Waals surface area contributed by atoms with E-state index in [9.17, 15) is 8.78 Å². The lowest BCUT2D eigenvalue weighted by Crippen LogP contribution is -2.06. The molecule has 2 aromatic carbocycles. The van der Waals surface area contributed by atoms with Crippen LogP contribution in [0.2, 0.25) is 0 Å². The second kappa shape index (κ2) is 7.63. The smallest absolute Gasteiger partial charge is 0.257 e. The van der Waals surface area contributed by atoms with Gasteiger partial charge in [-0.2, -0.15) is 5.10 Å². The van der Waals surface area contributed by atoms with Crippen molar-refractivity contribution in [2.45, 2.75) is 13.0 Å². The van der Waals surface area contributed by atoms with Crippen LogP contribution in [-0.4, -0.2) is 33.3 Å². The molecular formula is C20H15BrF2N4O. The maximum atomic E-state index is 12.9. The zero-order chi connectivity index (χ0) is 19.7. The van der Waals surface area contributed by atoms with Crippen LogP contribution in [0.1, 0.15) is 0 Å². The van der Waals surface area contributed by atoms with E-state index in [0.29, 0.717) is 28.2 Å². The standard InChI is InChI=1S/C20H15BrF2N4O/c1-28-17-8-16-13(7-15(17)21)20(25-11-24-16)14-9-27(10-18(22)23)26-19(14)12-5-3-2-4-6-12/h2-9,11,18H,10H2,1H3. The molecule has 0 aliphatic carbocycles. The molecule has 0 bridgehead atoms. The second-order valence-electron chi connectivity index (χ2n) is 6.10. The predicted octanol–water partition coefficient (Wildman–Crippen LogP) is 5.20. The van der Waals surface area contributed by atoms with Crippen LogP contribution in [0.4, 0.5) is 8.78 Å². The zero-order valence-corrected chi connectivity index (χ0v) is 16.4. The lowest BCUT2D eigenvalue weighted by molar-refractivity contribution is 0.122. The van der Waals surface area contributed by atoms with Gasteiger partial charge in [-0.25, -0.2) is 18.7 Å². The molecule has 0 spiro atoms. The van der Waals surface area contributed by atoms with Gasteiger partial charge < -0.3 is 4.74 Å². The number of hydrogen-bond acceptors (Lipinski definition) is 4. The minimum atomic E-state index is -2.50. The van der Waals surface area contributed by atoms with Crippen molar-refractivity contribution >= 4 is 26.8 Å². The summed E-state index contributed by atoms with van der Waals surface area (Å²) in [6, 6.07) is 13.1. The molecule has 4 aromatic rings. The topological polar surface area (TPSA) is 52.8 Å². The number of aromatic nitrogens is 4. The Morgan fingerprint density at radius 3 is 2.61 bits per heavy atom. The van der Waals surface area contributed by atoms with Gasteiger partial charge in [0.15, 0.2) is 0 Å². The van der Waals surface area contributed by atoms with E-state index in [4.69, 9.17) is 4.74 Å². The van der Waals surface area contributed by atoms with Gasteiger partial charge in [-0.1, -0.05) is 30.3 Å². The fraction of sp³-hybridized carbons (Fsp3) is 0.150. The van der Waals surface area contributed by atoms with Crippen LogP contribution in [0.5, 0.6) is 5.75 Å². The predicted molar refractivity (Wildman–Crippen MR) is 106 cm³/mol. The van der Waals surface area contributed by atoms with Gasteiger partial charge in [0.2, 0.25) is 0 Å². The highest BCUT2D eigenvalue weighted by atomic mass is 79.9. The number of nitrogens with zero attached hydrogens (tertiary/aromatic N) is 4. The SMILES string of the molecule is COc1cc2ncnc(-c3cn(CC(F)F)nc3-c3ccccc3)c2cc1Br. The van der Waals surface area contributed by atoms with Crippen LogP contribution in [-0.2, 0) is 6.54 Å². The zero-order valence-electron chi connectivity index (χ0n) is 14.8. The molecule has 4 rings (SSSR count). The summed E-state index contributed by atoms with van der Waals surface area (Å²) in [5, 5.41) is 5.17. The summed E-state index contributed by atoms with van der Waals surface area (Å²) in [5.41, 5.74) is 3.38. The van der Waals surface area contributed by atoms with Gasteiger partial charge in [0.05, 0.1) is 22.8 Å². The molecular weight excluding hydrogens is 430 g/mol. The first-order valence-corrected chi connectivity index (χ1v) is 9.25. The summed E-state index contributed by atoms with van der Waals surface area (Å²) < 4.78 is 33.2. The number of benzene rings is 2. The van der Waals surface area contributed by atoms with Crippen LogP contribution in [0, 0.1) is 0 Å². The van der Waals surface area contributed by atoms with E-state index in [1.807, 2.05) is 36.4 Å². The third kappa shape index (κ3) is 3.47. The molecule has 8 heteroatoms. The van der Waals surface area contributed by atoms with Gasteiger partial charge >= 0.3 is 0 Å². The van der Waals surface area contributed by atoms with Crippen LogP contribution in [0.3, 0.4) is 0 Å². The average Bonchev–Trinajstić information content (AvgIpc) is 3.10. The minimum absolute atomic E-state index is 0.486. The molecule has 0 N–H and O–H groups in total. The number of alkyl halides is 2. The van der Waals surface area contributed by atoms with E-state index in [1.165, 1.54) is 11.0 Å². The maximum absolute atomic E-state index is 12.9. The molecule has 2 heterocycles. The summed E-state index contributed by atoms with van der Waals surface area (Å²) in [6.45, 7) is -0.486. The van der Waals surface area contributed by atoms with Crippen molar-refractivity contribution in [1.82, 2.24) is 19.7 Å². The summed E-state index contributed by atoms with van der Waals surface area (Å²) >= 11 is 3.49. The molecule has 0 fully saturated rings. The lowest BCUT2D eigenvalue weighted by atomic mass is 10.0. The van der Waals surface area contributed by atoms with Crippen LogP contribution >= 0.6 is 15.9 Å². The quantitative estimate of drug-likeness (QED) is 0.424. The Hall–Kier alpha value is -2.87. The second-order valence-corrected chi connectivity index (χ2v) is 6.95. The first kappa shape index (κ1) is 18.5. The Kier molecular flexibility index (Phi) is 5.04. The number of hydrogen-bond donors (Lipinski definition) is 0. The van der Waals surface area contributed by atoms with Crippen molar-refractivity contribution < 1.29 is 13.5 Å². The minimum Gasteiger partial charge on any atom is -0.495 e. The summed E-state index contributed by atoms with van der Waals surface area (Å²) in [6.07, 6.45) is 0.551. The van der Waals surface area contributed by atoms with Gasteiger partial charge in [-0.15, -0.1) is 0 Å². The first-order chi connectivity index (χ1) is 13.6. The molecule has 0 saturated carbocycles. The molecule has 5 nitrogen and oxygen atoms in total. The highest BCUT2D eigenvalue weighted by molar-refractivity contribution is 9.10. The largest absolute Gasteiger partial charge is 0.495 e. The van der Waals surface area contributed by atoms with Crippen molar-refractivity contribution in [2.75, 3.05) is 7.11 Å². The van der Waals surface area contributed by atoms with Crippen LogP contribution in [0.15, 0.2) is 59.5 Å². The third-order valence-corrected chi connectivity index (χ3v) is 4.92. The monoisotopic (exact) mass is 444 g/mol. The molecule has 2 aromatic heterocycles. The Morgan fingerprint density at radius 2 is 1.89 bits per heavy atom. The molecule has 0 amide bonds. The van der Waals surface area contributed by atoms with E-state index < -0.39 is 13.0 Å². The third-order valence-electron chi connectivity index (χ3n) is 4.30. The number of ether oxygens (including phenoxy) is 1. The Balaban J connectivity index is 1.96. The molecule has 28 heavy (non-hydrogen) atoms. The molecule has 142 valence electrons. The van der Waals surface area contributed by atoms with Gasteiger partial charge in [0.1, 0.15) is 24.3 Å². The molecule has 0 radical (unpaired) electrons. The van der Waals surface area contributed by atoms with E-state index >= 15 is 0 Å². The molecule has 0 unspecified atom stereocenters. The summed E-state index contributed by atoms with van der Waals surface area (Å²) in [5.74, 6) is 0.647. The number of methoxy groups -OCH3 is 1. The van der Waals surface area contributed by atoms with Gasteiger partial charge in [0.25, 0.3) is 6.43 Å². The highest BCUT2D eigenvalue weighted by Gasteiger charge is 2.19. The summed E-state index contributed by atoms with van der Waals surface area (Å²) in [7, 11) is 1.58. The van der Waals surface area contributed by atoms with Gasteiger partial charge in [-0.3, -0.25) is 4.68 Å². The van der Waals surface area contributed by atoms with Gasteiger partial charge in [0, 0.05) is 28.8 Å². The lowest BCUT2D eigenvalue weighted by Gasteiger charge is -2.09. The maximum Gasteiger partial charge on any atom is 0.257 e. The number of rotatable bonds is 5. The van der Waals surface area contributed by atoms with E-state index in [2.05, 4.69) is 31.0 Å². The Bertz CT molecular complexity index is 1130. The van der Waals surface area contributed by atoms with Crippen molar-refractivity contribution in [3.05, 3.63) is 59.5 Å². The summed E-state index contributed by atoms with van der Waals surface area (Å²) in [4.78, 5) is 8.75. The normalized spacial score (nSPS) is 11.3. The molecule has 0 saturated heterocycles. The highest BCUT2D eigenvalue weighted by Crippen LogP contribution is 2.37. The van der Waals surface area contributed by atoms with E-state index in [-0.39, 0.29) is 0 Å². The fourth-order valence-electron chi connectivity index (χ4n) is 3.07. The number of halogens is 3. The van der Waals surface area contributed by atoms with Crippen molar-refractivity contribution in [2.24, 2.45) is 0 Å². The van der Waals surface area contributed by atoms with E-state index in [0.717, 1.165) is 15.4 Å². The van der Waals surface area contributed by atoms with Crippen LogP contribution in [0.25, 0.3) is 33.4 Å². The number of fused-ring (bicyclic) bond motifs is 1. The van der Waals surface area contributed by atoms with E-state index in [1.54, 1.807) is 19.4 Å². The fourth-order valence-corrected chi connectivity index (χ4v) is 3.57. The van der Waals surface area contributed by atoms with Crippen molar-refractivity contribution in [1.29, 1.82) is 0 Å². The Morgan fingerprint density at radius 1 is 1.11 bits per heavy atom. The molecule has 0 atom stereocenters. The van der Waals surface area contributed by atoms with Crippen LogP contribution < -0.4 is 4.74 Å². The first-order valence-electron chi connectivity index (χ1n) is 8.46.